The molecule has 4 N–H and O–H groups in total. The van der Waals surface area contributed by atoms with Crippen LogP contribution in [0.5, 0.6) is 0 Å². The van der Waals surface area contributed by atoms with E-state index in [2.05, 4.69) is 104 Å². The second kappa shape index (κ2) is 47.7. The largest absolute Gasteiger partial charge is 1.00 e. The van der Waals surface area contributed by atoms with Crippen LogP contribution in [0.2, 0.25) is 0 Å². The van der Waals surface area contributed by atoms with Crippen LogP contribution in [-0.2, 0) is 42.9 Å². The Bertz CT molecular complexity index is 3460. The summed E-state index contributed by atoms with van der Waals surface area (Å²) in [5, 5.41) is 77.8. The van der Waals surface area contributed by atoms with Crippen molar-refractivity contribution in [2.24, 2.45) is 22.1 Å². The molecule has 2 amide bonds. The zero-order valence-corrected chi connectivity index (χ0v) is 53.3. The van der Waals surface area contributed by atoms with Crippen LogP contribution in [0.4, 0.5) is 42.8 Å². The number of aliphatic carboxylic acids is 2. The fourth-order valence-corrected chi connectivity index (χ4v) is 7.58. The number of anilines is 2. The topological polar surface area (TPSA) is 411 Å². The Kier molecular flexibility index (Phi) is 43.1. The molecule has 0 bridgehead atoms. The maximum absolute atomic E-state index is 12.2. The number of ether oxygens (including phenoxy) is 5. The molecule has 0 spiro atoms. The number of nitrogen functional groups attached to an aromatic ring is 1. The number of thiophene rings is 2. The van der Waals surface area contributed by atoms with E-state index in [9.17, 15) is 69.8 Å². The molecule has 0 aliphatic rings. The fraction of sp³-hybridized carbons (Fsp3) is 0.382. The van der Waals surface area contributed by atoms with Gasteiger partial charge in [-0.1, -0.05) is 11.8 Å². The van der Waals surface area contributed by atoms with Crippen LogP contribution in [0.3, 0.4) is 0 Å². The standard InChI is InChI=1S/C51H51N7O15S.C4H3N3O4S.2Na.14H2/c1-4-6-8-10-12-14-18-41(50(61)62)37-46(59)52-22-16-26-69-30-32-71-28-24-56(43-20-21-44(40(3)36-43)54-55-49-45(57(65)66)39-48(74-49)58(67)68)25-29-72-33-35-73-34-31-70-27-17-23-53-47(60)38-42(51(63)64)19-15-13-11-9-7-5-2;5-4-2(6(8)9)1-3(12-4)7(10)11;;;;;;;;;;;;;;;;/h1-2,20-21,36,39,41-42H,16-17,22-35,37-38H2,3H3,(H,52,59)(H,53,60)(H,61,62)(H,63,64);1H,5H2;;;14*1H/q;;2*+1;;;;;;;;;;;;;;/p-2. The summed E-state index contributed by atoms with van der Waals surface area (Å²) in [6.45, 7) is 5.97. The average molecular weight is 1300 g/mol. The molecule has 0 saturated carbocycles. The SMILES string of the molecule is C#CC#CC#CC#CC(CC(=O)NCCCOCCOCCOCCN(CCOCCOCCCNC(=O)CC(C#CC#CC#CC#C)C(=O)[O-])c1ccc(N=Nc2sc([N+](=O)[O-])cc2[N+](=O)[O-])c(C)c1)C(=O)[O-].Nc1sc([N+](=O)[O-])cc1[N+](=O)[O-].[HH].[HH].[HH].[HH].[HH].[HH].[HH].[HH].[HH].[HH].[HH].[HH].[HH].[HH].[Na+].[Na+]. The first-order valence-electron chi connectivity index (χ1n) is 24.9. The summed E-state index contributed by atoms with van der Waals surface area (Å²) < 4.78 is 28.4. The van der Waals surface area contributed by atoms with Crippen LogP contribution in [-0.4, -0.2) is 136 Å². The molecule has 2 aromatic heterocycles. The van der Waals surface area contributed by atoms with Gasteiger partial charge in [-0.2, -0.15) is 0 Å². The molecule has 0 saturated heterocycles. The number of carboxylic acid groups (broad SMARTS) is 2. The number of nitrogens with one attached hydrogen (secondary N) is 2. The minimum atomic E-state index is -1.51. The number of nitrogens with zero attached hydrogens (tertiary/aromatic N) is 7. The molecule has 0 fully saturated rings. The quantitative estimate of drug-likeness (QED) is 0.0166. The molecule has 2 unspecified atom stereocenters. The van der Waals surface area contributed by atoms with Crippen molar-refractivity contribution in [3.8, 4) is 95.7 Å². The number of benzene rings is 1. The summed E-state index contributed by atoms with van der Waals surface area (Å²) in [4.78, 5) is 89.0. The van der Waals surface area contributed by atoms with Gasteiger partial charge in [0.1, 0.15) is 12.1 Å². The van der Waals surface area contributed by atoms with Crippen molar-refractivity contribution in [1.29, 1.82) is 0 Å². The molecule has 88 heavy (non-hydrogen) atoms. The molecule has 33 heteroatoms. The number of nitro groups is 4. The predicted molar refractivity (Wildman–Crippen MR) is 337 cm³/mol. The van der Waals surface area contributed by atoms with E-state index in [0.717, 1.165) is 17.8 Å². The number of terminal acetylenes is 2. The summed E-state index contributed by atoms with van der Waals surface area (Å²) in [7, 11) is 0. The first-order valence-corrected chi connectivity index (χ1v) is 26.6. The molecule has 478 valence electrons. The number of carbonyl (C=O) groups is 4. The summed E-state index contributed by atoms with van der Waals surface area (Å²) in [5.41, 5.74) is 6.04. The second-order valence-corrected chi connectivity index (χ2v) is 18.3. The molecule has 0 radical (unpaired) electrons. The number of hydrogen-bond donors (Lipinski definition) is 3. The van der Waals surface area contributed by atoms with Crippen LogP contribution in [0, 0.1) is 155 Å². The minimum Gasteiger partial charge on any atom is -0.549 e. The van der Waals surface area contributed by atoms with Gasteiger partial charge in [-0.25, -0.2) is 0 Å². The number of carbonyl (C=O) groups excluding carboxylic acids is 4. The minimum absolute atomic E-state index is 0. The number of carboxylic acids is 2. The van der Waals surface area contributed by atoms with Crippen LogP contribution in [0.25, 0.3) is 0 Å². The van der Waals surface area contributed by atoms with E-state index >= 15 is 0 Å². The second-order valence-electron chi connectivity index (χ2n) is 16.2. The Hall–Kier alpha value is -8.42. The van der Waals surface area contributed by atoms with E-state index in [-0.39, 0.29) is 147 Å². The maximum Gasteiger partial charge on any atom is 1.00 e. The molecule has 2 heterocycles. The van der Waals surface area contributed by atoms with Crippen molar-refractivity contribution in [2.45, 2.75) is 32.6 Å². The summed E-state index contributed by atoms with van der Waals surface area (Å²) >= 11 is 1.13. The molecule has 1 aromatic carbocycles. The van der Waals surface area contributed by atoms with Crippen molar-refractivity contribution in [3.05, 3.63) is 76.4 Å². The first-order chi connectivity index (χ1) is 41.3. The molecule has 3 aromatic rings. The molecule has 0 aliphatic carbocycles. The number of hydrogen-bond acceptors (Lipinski definition) is 25. The van der Waals surface area contributed by atoms with Gasteiger partial charge >= 0.3 is 80.5 Å². The Morgan fingerprint density at radius 2 is 1.00 bits per heavy atom. The van der Waals surface area contributed by atoms with Gasteiger partial charge in [-0.05, 0) is 137 Å². The molecular formula is C55H80N10Na2O19S2. The predicted octanol–water partition coefficient (Wildman–Crippen LogP) is -0.412. The van der Waals surface area contributed by atoms with Crippen LogP contribution in [0.1, 0.15) is 51.2 Å². The normalized spacial score (nSPS) is 10.3. The summed E-state index contributed by atoms with van der Waals surface area (Å²) in [6, 6.07) is 6.95. The number of amides is 2. The number of aryl methyl sites for hydroxylation is 1. The van der Waals surface area contributed by atoms with E-state index in [1.165, 1.54) is 0 Å². The molecular weight excluding hydrogens is 1210 g/mol. The maximum atomic E-state index is 12.2. The van der Waals surface area contributed by atoms with Crippen LogP contribution >= 0.6 is 22.7 Å². The van der Waals surface area contributed by atoms with E-state index < -0.39 is 84.5 Å². The zero-order valence-electron chi connectivity index (χ0n) is 47.7. The van der Waals surface area contributed by atoms with Gasteiger partial charge in [0, 0.05) is 77.9 Å². The molecule has 0 aliphatic heterocycles. The van der Waals surface area contributed by atoms with Crippen molar-refractivity contribution in [3.63, 3.8) is 0 Å². The average Bonchev–Trinajstić information content (AvgIpc) is 1.60. The van der Waals surface area contributed by atoms with Crippen LogP contribution in [0.15, 0.2) is 40.6 Å². The Morgan fingerprint density at radius 3 is 1.40 bits per heavy atom. The van der Waals surface area contributed by atoms with Crippen LogP contribution < -0.4 is 90.6 Å². The van der Waals surface area contributed by atoms with E-state index in [4.69, 9.17) is 42.3 Å². The van der Waals surface area contributed by atoms with Gasteiger partial charge < -0.3 is 64.8 Å². The Balaban J connectivity index is -0.000000188. The zero-order chi connectivity index (χ0) is 63.5. The summed E-state index contributed by atoms with van der Waals surface area (Å²) in [6.07, 6.45) is 10.0. The number of azo groups is 1. The van der Waals surface area contributed by atoms with Gasteiger partial charge in [0.25, 0.3) is 0 Å². The monoisotopic (exact) mass is 1290 g/mol. The van der Waals surface area contributed by atoms with Crippen molar-refractivity contribution in [1.82, 2.24) is 10.6 Å². The van der Waals surface area contributed by atoms with Gasteiger partial charge in [-0.15, -0.1) is 23.1 Å². The first kappa shape index (κ1) is 79.6. The van der Waals surface area contributed by atoms with Gasteiger partial charge in [0.15, 0.2) is 5.00 Å². The van der Waals surface area contributed by atoms with E-state index in [0.29, 0.717) is 86.3 Å². The van der Waals surface area contributed by atoms with Gasteiger partial charge in [-0.3, -0.25) is 50.0 Å². The van der Waals surface area contributed by atoms with Crippen molar-refractivity contribution in [2.75, 3.05) is 103 Å². The Morgan fingerprint density at radius 1 is 0.591 bits per heavy atom. The third-order valence-corrected chi connectivity index (χ3v) is 12.0. The van der Waals surface area contributed by atoms with Crippen molar-refractivity contribution >= 4 is 89.2 Å². The van der Waals surface area contributed by atoms with Crippen molar-refractivity contribution < 1.29 is 152 Å². The van der Waals surface area contributed by atoms with E-state index in [1.807, 2.05) is 11.0 Å². The van der Waals surface area contributed by atoms with E-state index in [1.54, 1.807) is 19.1 Å². The van der Waals surface area contributed by atoms with Gasteiger partial charge in [0.05, 0.1) is 102 Å². The molecule has 2 atom stereocenters. The summed E-state index contributed by atoms with van der Waals surface area (Å²) in [5.74, 6) is 25.2. The van der Waals surface area contributed by atoms with Gasteiger partial charge in [0.2, 0.25) is 16.8 Å². The smallest absolute Gasteiger partial charge is 0.549 e. The number of rotatable bonds is 36. The Labute approximate surface area is 577 Å². The molecule has 29 nitrogen and oxygen atoms in total. The third kappa shape index (κ3) is 34.7. The number of nitrogens with two attached hydrogens (primary N) is 1. The fourth-order valence-electron chi connectivity index (χ4n) is 6.11. The third-order valence-electron chi connectivity index (χ3n) is 10.1. The molecule has 3 rings (SSSR count).